The first-order chi connectivity index (χ1) is 11.6. The first-order valence-corrected chi connectivity index (χ1v) is 9.56. The van der Waals surface area contributed by atoms with Gasteiger partial charge in [0.2, 0.25) is 0 Å². The van der Waals surface area contributed by atoms with Crippen LogP contribution in [0.15, 0.2) is 48.6 Å². The number of benzene rings is 1. The van der Waals surface area contributed by atoms with E-state index in [1.807, 2.05) is 6.07 Å². The minimum atomic E-state index is 0.223. The van der Waals surface area contributed by atoms with Crippen molar-refractivity contribution in [1.82, 2.24) is 0 Å². The summed E-state index contributed by atoms with van der Waals surface area (Å²) in [5.74, 6) is 1.12. The minimum absolute atomic E-state index is 0.223. The quantitative estimate of drug-likeness (QED) is 0.389. The van der Waals surface area contributed by atoms with Crippen LogP contribution in [-0.4, -0.2) is 5.78 Å². The summed E-state index contributed by atoms with van der Waals surface area (Å²) in [5.41, 5.74) is 3.83. The van der Waals surface area contributed by atoms with E-state index in [0.29, 0.717) is 11.7 Å². The highest BCUT2D eigenvalue weighted by Crippen LogP contribution is 2.36. The van der Waals surface area contributed by atoms with E-state index in [1.54, 1.807) is 0 Å². The van der Waals surface area contributed by atoms with E-state index >= 15 is 0 Å². The Kier molecular flexibility index (Phi) is 7.49. The largest absolute Gasteiger partial charge is 0.299 e. The second-order valence-corrected chi connectivity index (χ2v) is 7.24. The van der Waals surface area contributed by atoms with Crippen molar-refractivity contribution in [3.63, 3.8) is 0 Å². The molecule has 0 bridgehead atoms. The molecule has 1 aromatic rings. The minimum Gasteiger partial charge on any atom is -0.299 e. The summed E-state index contributed by atoms with van der Waals surface area (Å²) < 4.78 is 0. The van der Waals surface area contributed by atoms with Gasteiger partial charge < -0.3 is 0 Å². The van der Waals surface area contributed by atoms with Crippen molar-refractivity contribution in [2.75, 3.05) is 0 Å². The van der Waals surface area contributed by atoms with Crippen molar-refractivity contribution in [2.24, 2.45) is 11.8 Å². The van der Waals surface area contributed by atoms with Crippen molar-refractivity contribution in [2.45, 2.75) is 65.2 Å². The average Bonchev–Trinajstić information content (AvgIpc) is 2.61. The molecule has 1 heteroatoms. The van der Waals surface area contributed by atoms with Gasteiger partial charge in [-0.15, -0.1) is 0 Å². The van der Waals surface area contributed by atoms with Crippen LogP contribution >= 0.6 is 0 Å². The Bertz CT molecular complexity index is 567. The number of hydrogen-bond donors (Lipinski definition) is 0. The molecule has 0 heterocycles. The van der Waals surface area contributed by atoms with Crippen molar-refractivity contribution in [3.05, 3.63) is 54.1 Å². The molecule has 1 nitrogen and oxygen atoms in total. The second-order valence-electron chi connectivity index (χ2n) is 7.24. The van der Waals surface area contributed by atoms with Crippen LogP contribution < -0.4 is 0 Å². The van der Waals surface area contributed by atoms with E-state index < -0.39 is 0 Å². The van der Waals surface area contributed by atoms with Gasteiger partial charge in [0.15, 0.2) is 0 Å². The SMILES string of the molecule is C=C1CC(C(=O)CCCCCC)CCC1/C=C(\C)c1ccccc1. The molecule has 0 saturated heterocycles. The molecule has 2 unspecified atom stereocenters. The lowest BCUT2D eigenvalue weighted by Gasteiger charge is -2.29. The Morgan fingerprint density at radius 1 is 1.17 bits per heavy atom. The van der Waals surface area contributed by atoms with E-state index in [1.165, 1.54) is 36.0 Å². The number of allylic oxidation sites excluding steroid dienone is 3. The zero-order chi connectivity index (χ0) is 17.4. The van der Waals surface area contributed by atoms with Gasteiger partial charge in [-0.05, 0) is 49.7 Å². The molecule has 1 aliphatic rings. The molecule has 0 aromatic heterocycles. The van der Waals surface area contributed by atoms with Crippen LogP contribution in [0.5, 0.6) is 0 Å². The monoisotopic (exact) mass is 324 g/mol. The van der Waals surface area contributed by atoms with E-state index in [0.717, 1.165) is 32.1 Å². The lowest BCUT2D eigenvalue weighted by molar-refractivity contribution is -0.123. The van der Waals surface area contributed by atoms with E-state index in [9.17, 15) is 4.79 Å². The summed E-state index contributed by atoms with van der Waals surface area (Å²) in [5, 5.41) is 0. The molecular formula is C23H32O. The third-order valence-electron chi connectivity index (χ3n) is 5.27. The van der Waals surface area contributed by atoms with Crippen LogP contribution in [0.25, 0.3) is 5.57 Å². The third-order valence-corrected chi connectivity index (χ3v) is 5.27. The molecule has 1 fully saturated rings. The van der Waals surface area contributed by atoms with Crippen molar-refractivity contribution in [3.8, 4) is 0 Å². The summed E-state index contributed by atoms with van der Waals surface area (Å²) in [7, 11) is 0. The normalized spacial score (nSPS) is 21.8. The molecule has 1 saturated carbocycles. The molecule has 130 valence electrons. The Morgan fingerprint density at radius 3 is 2.58 bits per heavy atom. The van der Waals surface area contributed by atoms with Crippen molar-refractivity contribution < 1.29 is 4.79 Å². The summed E-state index contributed by atoms with van der Waals surface area (Å²) >= 11 is 0. The number of ketones is 1. The Morgan fingerprint density at radius 2 is 1.92 bits per heavy atom. The molecule has 1 aromatic carbocycles. The van der Waals surface area contributed by atoms with Crippen LogP contribution in [-0.2, 0) is 4.79 Å². The Balaban J connectivity index is 1.86. The number of rotatable bonds is 8. The van der Waals surface area contributed by atoms with Crippen molar-refractivity contribution in [1.29, 1.82) is 0 Å². The van der Waals surface area contributed by atoms with Gasteiger partial charge in [-0.3, -0.25) is 4.79 Å². The molecule has 0 N–H and O–H groups in total. The highest BCUT2D eigenvalue weighted by Gasteiger charge is 2.27. The number of carbonyl (C=O) groups excluding carboxylic acids is 1. The van der Waals surface area contributed by atoms with E-state index in [-0.39, 0.29) is 5.92 Å². The highest BCUT2D eigenvalue weighted by molar-refractivity contribution is 5.81. The van der Waals surface area contributed by atoms with Crippen LogP contribution in [0.4, 0.5) is 0 Å². The lowest BCUT2D eigenvalue weighted by atomic mass is 9.75. The first-order valence-electron chi connectivity index (χ1n) is 9.56. The first kappa shape index (κ1) is 18.7. The zero-order valence-electron chi connectivity index (χ0n) is 15.4. The standard InChI is InChI=1S/C23H32O/c1-4-5-6-10-13-23(24)22-15-14-21(19(3)17-22)16-18(2)20-11-8-7-9-12-20/h7-9,11-12,16,21-22H,3-6,10,13-15,17H2,1-2H3/b18-16+. The van der Waals surface area contributed by atoms with Gasteiger partial charge in [-0.1, -0.05) is 74.7 Å². The van der Waals surface area contributed by atoms with E-state index in [2.05, 4.69) is 50.8 Å². The highest BCUT2D eigenvalue weighted by atomic mass is 16.1. The molecule has 24 heavy (non-hydrogen) atoms. The summed E-state index contributed by atoms with van der Waals surface area (Å²) in [4.78, 5) is 12.4. The molecule has 0 aliphatic heterocycles. The maximum Gasteiger partial charge on any atom is 0.136 e. The molecule has 2 atom stereocenters. The fraction of sp³-hybridized carbons (Fsp3) is 0.522. The van der Waals surface area contributed by atoms with Crippen molar-refractivity contribution >= 4 is 11.4 Å². The third kappa shape index (κ3) is 5.47. The molecule has 1 aliphatic carbocycles. The van der Waals surface area contributed by atoms with E-state index in [4.69, 9.17) is 0 Å². The van der Waals surface area contributed by atoms with Gasteiger partial charge >= 0.3 is 0 Å². The van der Waals surface area contributed by atoms with Crippen LogP contribution in [0.2, 0.25) is 0 Å². The summed E-state index contributed by atoms with van der Waals surface area (Å²) in [6, 6.07) is 10.5. The average molecular weight is 325 g/mol. The van der Waals surface area contributed by atoms with Gasteiger partial charge in [0.1, 0.15) is 5.78 Å². The molecule has 0 spiro atoms. The molecular weight excluding hydrogens is 292 g/mol. The van der Waals surface area contributed by atoms with Gasteiger partial charge in [0.05, 0.1) is 0 Å². The fourth-order valence-electron chi connectivity index (χ4n) is 3.66. The smallest absolute Gasteiger partial charge is 0.136 e. The summed E-state index contributed by atoms with van der Waals surface area (Å²) in [6.45, 7) is 8.67. The topological polar surface area (TPSA) is 17.1 Å². The predicted octanol–water partition coefficient (Wildman–Crippen LogP) is 6.60. The maximum atomic E-state index is 12.4. The lowest BCUT2D eigenvalue weighted by Crippen LogP contribution is -2.22. The van der Waals surface area contributed by atoms with Gasteiger partial charge in [0.25, 0.3) is 0 Å². The molecule has 2 rings (SSSR count). The molecule has 0 radical (unpaired) electrons. The van der Waals surface area contributed by atoms with Crippen LogP contribution in [0, 0.1) is 11.8 Å². The number of hydrogen-bond acceptors (Lipinski definition) is 1. The number of carbonyl (C=O) groups is 1. The van der Waals surface area contributed by atoms with Gasteiger partial charge in [-0.2, -0.15) is 0 Å². The number of Topliss-reactive ketones (excluding diaryl/α,β-unsaturated/α-hetero) is 1. The zero-order valence-corrected chi connectivity index (χ0v) is 15.4. The fourth-order valence-corrected chi connectivity index (χ4v) is 3.66. The summed E-state index contributed by atoms with van der Waals surface area (Å²) in [6.07, 6.45) is 10.8. The Hall–Kier alpha value is -1.63. The predicted molar refractivity (Wildman–Crippen MR) is 104 cm³/mol. The van der Waals surface area contributed by atoms with Gasteiger partial charge in [-0.25, -0.2) is 0 Å². The number of unbranched alkanes of at least 4 members (excludes halogenated alkanes) is 3. The van der Waals surface area contributed by atoms with Gasteiger partial charge in [0, 0.05) is 12.3 Å². The van der Waals surface area contributed by atoms with Crippen LogP contribution in [0.1, 0.15) is 70.8 Å². The second kappa shape index (κ2) is 9.61. The van der Waals surface area contributed by atoms with Crippen LogP contribution in [0.3, 0.4) is 0 Å². The Labute approximate surface area is 147 Å². The maximum absolute atomic E-state index is 12.4. The molecule has 0 amide bonds.